The molecule has 0 heterocycles. The van der Waals surface area contributed by atoms with E-state index < -0.39 is 0 Å². The molecular weight excluding hydrogens is 377 g/mol. The van der Waals surface area contributed by atoms with Crippen LogP contribution in [0.2, 0.25) is 10.0 Å². The van der Waals surface area contributed by atoms with E-state index in [1.807, 2.05) is 0 Å². The molecule has 0 atom stereocenters. The Morgan fingerprint density at radius 1 is 1.04 bits per heavy atom. The standard InChI is InChI=1S/C18H17Cl2N3O3/c1-11(12-2-5-14(24)6-3-12)22-23-18(26)9-8-17(25)21-16-7-4-13(19)10-15(16)20/h2-7,10,24H,8-9H2,1H3,(H,21,25)(H,23,26)/b22-11+. The molecule has 6 nitrogen and oxygen atoms in total. The lowest BCUT2D eigenvalue weighted by Crippen LogP contribution is -2.21. The van der Waals surface area contributed by atoms with E-state index in [1.165, 1.54) is 18.2 Å². The summed E-state index contributed by atoms with van der Waals surface area (Å²) in [6, 6.07) is 11.1. The number of phenolic OH excluding ortho intramolecular Hbond substituents is 1. The van der Waals surface area contributed by atoms with Crippen LogP contribution in [0.4, 0.5) is 5.69 Å². The SMILES string of the molecule is C/C(=N\NC(=O)CCC(=O)Nc1ccc(Cl)cc1Cl)c1ccc(O)cc1. The molecule has 8 heteroatoms. The maximum atomic E-state index is 11.9. The molecule has 2 amide bonds. The third-order valence-electron chi connectivity index (χ3n) is 3.42. The molecule has 0 saturated heterocycles. The first-order chi connectivity index (χ1) is 12.3. The van der Waals surface area contributed by atoms with E-state index in [1.54, 1.807) is 31.2 Å². The molecule has 0 bridgehead atoms. The zero-order valence-electron chi connectivity index (χ0n) is 13.9. The Balaban J connectivity index is 1.81. The van der Waals surface area contributed by atoms with E-state index in [-0.39, 0.29) is 30.4 Å². The van der Waals surface area contributed by atoms with Crippen molar-refractivity contribution in [1.29, 1.82) is 0 Å². The van der Waals surface area contributed by atoms with Crippen molar-refractivity contribution in [3.63, 3.8) is 0 Å². The van der Waals surface area contributed by atoms with Crippen LogP contribution in [-0.4, -0.2) is 22.6 Å². The molecule has 0 aliphatic heterocycles. The van der Waals surface area contributed by atoms with Gasteiger partial charge in [-0.1, -0.05) is 23.2 Å². The van der Waals surface area contributed by atoms with Gasteiger partial charge in [0.05, 0.1) is 16.4 Å². The average molecular weight is 394 g/mol. The van der Waals surface area contributed by atoms with Crippen molar-refractivity contribution in [2.45, 2.75) is 19.8 Å². The summed E-state index contributed by atoms with van der Waals surface area (Å²) in [5.41, 5.74) is 4.17. The predicted molar refractivity (Wildman–Crippen MR) is 103 cm³/mol. The summed E-state index contributed by atoms with van der Waals surface area (Å²) >= 11 is 11.8. The highest BCUT2D eigenvalue weighted by Gasteiger charge is 2.09. The number of phenols is 1. The molecule has 0 aliphatic carbocycles. The lowest BCUT2D eigenvalue weighted by Gasteiger charge is -2.07. The van der Waals surface area contributed by atoms with Gasteiger partial charge in [-0.3, -0.25) is 9.59 Å². The molecule has 0 aliphatic rings. The summed E-state index contributed by atoms with van der Waals surface area (Å²) < 4.78 is 0. The van der Waals surface area contributed by atoms with Gasteiger partial charge in [-0.25, -0.2) is 5.43 Å². The number of carbonyl (C=O) groups excluding carboxylic acids is 2. The number of aromatic hydroxyl groups is 1. The van der Waals surface area contributed by atoms with Crippen LogP contribution in [0.5, 0.6) is 5.75 Å². The second kappa shape index (κ2) is 9.22. The van der Waals surface area contributed by atoms with E-state index in [9.17, 15) is 14.7 Å². The minimum Gasteiger partial charge on any atom is -0.508 e. The summed E-state index contributed by atoms with van der Waals surface area (Å²) in [7, 11) is 0. The molecule has 0 unspecified atom stereocenters. The van der Waals surface area contributed by atoms with E-state index in [0.717, 1.165) is 5.56 Å². The number of nitrogens with zero attached hydrogens (tertiary/aromatic N) is 1. The molecule has 3 N–H and O–H groups in total. The molecule has 2 aromatic rings. The van der Waals surface area contributed by atoms with Gasteiger partial charge in [0.15, 0.2) is 0 Å². The molecule has 0 aromatic heterocycles. The molecular formula is C18H17Cl2N3O3. The van der Waals surface area contributed by atoms with Crippen molar-refractivity contribution >= 4 is 46.4 Å². The van der Waals surface area contributed by atoms with Crippen LogP contribution >= 0.6 is 23.2 Å². The summed E-state index contributed by atoms with van der Waals surface area (Å²) in [6.45, 7) is 1.72. The van der Waals surface area contributed by atoms with Gasteiger partial charge in [0.25, 0.3) is 0 Å². The van der Waals surface area contributed by atoms with Crippen LogP contribution in [0.25, 0.3) is 0 Å². The lowest BCUT2D eigenvalue weighted by molar-refractivity contribution is -0.124. The van der Waals surface area contributed by atoms with Gasteiger partial charge in [0.2, 0.25) is 11.8 Å². The van der Waals surface area contributed by atoms with Gasteiger partial charge in [-0.2, -0.15) is 5.10 Å². The summed E-state index contributed by atoms with van der Waals surface area (Å²) in [4.78, 5) is 23.7. The molecule has 0 saturated carbocycles. The van der Waals surface area contributed by atoms with E-state index >= 15 is 0 Å². The maximum absolute atomic E-state index is 11.9. The minimum atomic E-state index is -0.388. The number of anilines is 1. The second-order valence-corrected chi connectivity index (χ2v) is 6.30. The van der Waals surface area contributed by atoms with Crippen LogP contribution in [-0.2, 0) is 9.59 Å². The first kappa shape index (κ1) is 19.8. The molecule has 2 aromatic carbocycles. The predicted octanol–water partition coefficient (Wildman–Crippen LogP) is 3.96. The van der Waals surface area contributed by atoms with Gasteiger partial charge in [-0.15, -0.1) is 0 Å². The molecule has 26 heavy (non-hydrogen) atoms. The zero-order valence-corrected chi connectivity index (χ0v) is 15.4. The minimum absolute atomic E-state index is 0.0153. The van der Waals surface area contributed by atoms with Gasteiger partial charge >= 0.3 is 0 Å². The number of nitrogens with one attached hydrogen (secondary N) is 2. The lowest BCUT2D eigenvalue weighted by atomic mass is 10.1. The van der Waals surface area contributed by atoms with Crippen molar-refractivity contribution in [1.82, 2.24) is 5.43 Å². The highest BCUT2D eigenvalue weighted by Crippen LogP contribution is 2.25. The van der Waals surface area contributed by atoms with E-state index in [4.69, 9.17) is 23.2 Å². The smallest absolute Gasteiger partial charge is 0.240 e. The monoisotopic (exact) mass is 393 g/mol. The number of halogens is 2. The Bertz CT molecular complexity index is 836. The van der Waals surface area contributed by atoms with E-state index in [0.29, 0.717) is 21.4 Å². The topological polar surface area (TPSA) is 90.8 Å². The van der Waals surface area contributed by atoms with E-state index in [2.05, 4.69) is 15.8 Å². The van der Waals surface area contributed by atoms with Crippen LogP contribution in [0.1, 0.15) is 25.3 Å². The molecule has 0 spiro atoms. The van der Waals surface area contributed by atoms with Crippen LogP contribution in [0.3, 0.4) is 0 Å². The largest absolute Gasteiger partial charge is 0.508 e. The maximum Gasteiger partial charge on any atom is 0.240 e. The highest BCUT2D eigenvalue weighted by atomic mass is 35.5. The molecule has 136 valence electrons. The summed E-state index contributed by atoms with van der Waals surface area (Å²) in [5, 5.41) is 16.6. The zero-order chi connectivity index (χ0) is 19.1. The van der Waals surface area contributed by atoms with Gasteiger partial charge in [0, 0.05) is 17.9 Å². The fourth-order valence-corrected chi connectivity index (χ4v) is 2.46. The fraction of sp³-hybridized carbons (Fsp3) is 0.167. The number of hydrogen-bond donors (Lipinski definition) is 3. The Morgan fingerprint density at radius 2 is 1.69 bits per heavy atom. The van der Waals surface area contributed by atoms with Crippen molar-refractivity contribution in [3.8, 4) is 5.75 Å². The summed E-state index contributed by atoms with van der Waals surface area (Å²) in [6.07, 6.45) is -0.0397. The van der Waals surface area contributed by atoms with Gasteiger partial charge in [-0.05, 0) is 55.0 Å². The van der Waals surface area contributed by atoms with Crippen LogP contribution in [0, 0.1) is 0 Å². The first-order valence-electron chi connectivity index (χ1n) is 7.72. The summed E-state index contributed by atoms with van der Waals surface area (Å²) in [5.74, 6) is -0.582. The number of rotatable bonds is 6. The van der Waals surface area contributed by atoms with Crippen LogP contribution in [0.15, 0.2) is 47.6 Å². The van der Waals surface area contributed by atoms with Crippen molar-refractivity contribution in [2.24, 2.45) is 5.10 Å². The Kier molecular flexibility index (Phi) is 7.00. The van der Waals surface area contributed by atoms with Crippen LogP contribution < -0.4 is 10.7 Å². The number of hydrogen-bond acceptors (Lipinski definition) is 4. The number of hydrazone groups is 1. The molecule has 2 rings (SSSR count). The average Bonchev–Trinajstić information content (AvgIpc) is 2.61. The van der Waals surface area contributed by atoms with Crippen molar-refractivity contribution in [2.75, 3.05) is 5.32 Å². The Labute approximate surface area is 160 Å². The van der Waals surface area contributed by atoms with Gasteiger partial charge in [0.1, 0.15) is 5.75 Å². The Hall–Kier alpha value is -2.57. The molecule has 0 fully saturated rings. The number of carbonyl (C=O) groups is 2. The van der Waals surface area contributed by atoms with Crippen molar-refractivity contribution in [3.05, 3.63) is 58.1 Å². The van der Waals surface area contributed by atoms with Gasteiger partial charge < -0.3 is 10.4 Å². The first-order valence-corrected chi connectivity index (χ1v) is 8.48. The number of benzene rings is 2. The quantitative estimate of drug-likeness (QED) is 0.512. The third kappa shape index (κ3) is 6.06. The highest BCUT2D eigenvalue weighted by molar-refractivity contribution is 6.36. The normalized spacial score (nSPS) is 11.1. The Morgan fingerprint density at radius 3 is 2.35 bits per heavy atom. The number of amides is 2. The molecule has 0 radical (unpaired) electrons. The fourth-order valence-electron chi connectivity index (χ4n) is 2.00. The van der Waals surface area contributed by atoms with Crippen molar-refractivity contribution < 1.29 is 14.7 Å². The second-order valence-electron chi connectivity index (χ2n) is 5.45. The third-order valence-corrected chi connectivity index (χ3v) is 3.97.